The molecule has 0 radical (unpaired) electrons. The molecule has 0 aliphatic carbocycles. The molecule has 24 heavy (non-hydrogen) atoms. The van der Waals surface area contributed by atoms with Gasteiger partial charge in [0, 0.05) is 28.4 Å². The van der Waals surface area contributed by atoms with Gasteiger partial charge in [-0.05, 0) is 12.1 Å². The van der Waals surface area contributed by atoms with Crippen LogP contribution >= 0.6 is 0 Å². The summed E-state index contributed by atoms with van der Waals surface area (Å²) in [6.45, 7) is 6.28. The zero-order chi connectivity index (χ0) is 18.5. The van der Waals surface area contributed by atoms with E-state index in [4.69, 9.17) is 12.2 Å². The molecular formula is C14H15N3O5S2. The highest BCUT2D eigenvalue weighted by atomic mass is 32.2. The van der Waals surface area contributed by atoms with Crippen LogP contribution in [0.3, 0.4) is 0 Å². The van der Waals surface area contributed by atoms with Crippen molar-refractivity contribution in [1.29, 1.82) is 0 Å². The molecular weight excluding hydrogens is 354 g/mol. The maximum atomic E-state index is 11.7. The van der Waals surface area contributed by atoms with Crippen molar-refractivity contribution in [2.75, 3.05) is 9.44 Å². The average molecular weight is 369 g/mol. The van der Waals surface area contributed by atoms with Crippen molar-refractivity contribution in [3.05, 3.63) is 47.2 Å². The Kier molecular flexibility index (Phi) is 5.78. The molecule has 8 nitrogen and oxygen atoms in total. The van der Waals surface area contributed by atoms with Crippen molar-refractivity contribution in [3.63, 3.8) is 0 Å². The van der Waals surface area contributed by atoms with E-state index in [1.165, 1.54) is 6.07 Å². The molecule has 0 saturated carbocycles. The molecule has 0 atom stereocenters. The Balaban J connectivity index is 3.65. The molecule has 1 rings (SSSR count). The van der Waals surface area contributed by atoms with E-state index in [0.717, 1.165) is 6.07 Å². The first kappa shape index (κ1) is 19.3. The van der Waals surface area contributed by atoms with Gasteiger partial charge in [-0.2, -0.15) is 0 Å². The standard InChI is InChI=1S/C14H15N3O5S2/c1-4-7-11-12(14(15)18)8-10(16-23(19,20)5-2)9-13(11)17-24(21,22)6-3/h1,5-6,8-9,16-17H,2-3,7H2,(H2,15,18). The maximum absolute atomic E-state index is 11.7. The minimum Gasteiger partial charge on any atom is -0.366 e. The van der Waals surface area contributed by atoms with Gasteiger partial charge in [-0.1, -0.05) is 13.2 Å². The normalized spacial score (nSPS) is 11.1. The molecule has 1 aromatic carbocycles. The highest BCUT2D eigenvalue weighted by molar-refractivity contribution is 7.95. The van der Waals surface area contributed by atoms with Gasteiger partial charge in [0.2, 0.25) is 5.91 Å². The summed E-state index contributed by atoms with van der Waals surface area (Å²) in [5, 5.41) is 1.30. The number of nitrogens with one attached hydrogen (secondary N) is 2. The van der Waals surface area contributed by atoms with Gasteiger partial charge in [-0.15, -0.1) is 12.3 Å². The first-order valence-corrected chi connectivity index (χ1v) is 9.35. The smallest absolute Gasteiger partial charge is 0.254 e. The fourth-order valence-corrected chi connectivity index (χ4v) is 2.84. The number of carbonyl (C=O) groups excluding carboxylic acids is 1. The predicted octanol–water partition coefficient (Wildman–Crippen LogP) is 0.732. The fraction of sp³-hybridized carbons (Fsp3) is 0.0714. The van der Waals surface area contributed by atoms with Gasteiger partial charge in [0.05, 0.1) is 11.4 Å². The van der Waals surface area contributed by atoms with Crippen molar-refractivity contribution in [2.45, 2.75) is 6.42 Å². The third-order valence-electron chi connectivity index (χ3n) is 2.75. The van der Waals surface area contributed by atoms with E-state index >= 15 is 0 Å². The lowest BCUT2D eigenvalue weighted by molar-refractivity contribution is 0.0999. The minimum absolute atomic E-state index is 0.0915. The number of rotatable bonds is 8. The largest absolute Gasteiger partial charge is 0.366 e. The molecule has 0 fully saturated rings. The quantitative estimate of drug-likeness (QED) is 0.581. The van der Waals surface area contributed by atoms with Crippen molar-refractivity contribution in [3.8, 4) is 12.3 Å². The molecule has 1 amide bonds. The fourth-order valence-electron chi connectivity index (χ4n) is 1.74. The van der Waals surface area contributed by atoms with Crippen LogP contribution in [0.15, 0.2) is 36.1 Å². The Labute approximate surface area is 140 Å². The lowest BCUT2D eigenvalue weighted by Gasteiger charge is -2.15. The third kappa shape index (κ3) is 4.87. The lowest BCUT2D eigenvalue weighted by Crippen LogP contribution is -2.19. The summed E-state index contributed by atoms with van der Waals surface area (Å²) in [6, 6.07) is 2.32. The summed E-state index contributed by atoms with van der Waals surface area (Å²) >= 11 is 0. The number of nitrogens with two attached hydrogens (primary N) is 1. The Morgan fingerprint density at radius 2 is 1.71 bits per heavy atom. The van der Waals surface area contributed by atoms with Crippen molar-refractivity contribution < 1.29 is 21.6 Å². The van der Waals surface area contributed by atoms with Crippen LogP contribution in [0.1, 0.15) is 15.9 Å². The van der Waals surface area contributed by atoms with Crippen LogP contribution < -0.4 is 15.2 Å². The second-order valence-electron chi connectivity index (χ2n) is 4.42. The molecule has 10 heteroatoms. The van der Waals surface area contributed by atoms with Crippen molar-refractivity contribution >= 4 is 37.3 Å². The number of benzene rings is 1. The number of primary amides is 1. The number of anilines is 2. The van der Waals surface area contributed by atoms with E-state index in [-0.39, 0.29) is 28.9 Å². The Bertz CT molecular complexity index is 941. The number of hydrogen-bond acceptors (Lipinski definition) is 5. The zero-order valence-electron chi connectivity index (χ0n) is 12.4. The van der Waals surface area contributed by atoms with E-state index in [2.05, 4.69) is 28.5 Å². The Morgan fingerprint density at radius 1 is 1.17 bits per heavy atom. The van der Waals surface area contributed by atoms with Gasteiger partial charge in [-0.3, -0.25) is 14.2 Å². The van der Waals surface area contributed by atoms with E-state index in [1.54, 1.807) is 0 Å². The van der Waals surface area contributed by atoms with Gasteiger partial charge in [-0.25, -0.2) is 16.8 Å². The molecule has 0 saturated heterocycles. The van der Waals surface area contributed by atoms with Crippen LogP contribution in [-0.4, -0.2) is 22.7 Å². The Hall–Kier alpha value is -2.77. The van der Waals surface area contributed by atoms with E-state index in [1.807, 2.05) is 0 Å². The van der Waals surface area contributed by atoms with Crippen LogP contribution in [0.4, 0.5) is 11.4 Å². The molecule has 128 valence electrons. The maximum Gasteiger partial charge on any atom is 0.254 e. The van der Waals surface area contributed by atoms with Gasteiger partial charge >= 0.3 is 0 Å². The average Bonchev–Trinajstić information content (AvgIpc) is 2.48. The highest BCUT2D eigenvalue weighted by Gasteiger charge is 2.18. The summed E-state index contributed by atoms with van der Waals surface area (Å²) in [7, 11) is -7.81. The van der Waals surface area contributed by atoms with Crippen LogP contribution in [-0.2, 0) is 26.5 Å². The lowest BCUT2D eigenvalue weighted by atomic mass is 10.0. The van der Waals surface area contributed by atoms with Crippen molar-refractivity contribution in [1.82, 2.24) is 0 Å². The summed E-state index contributed by atoms with van der Waals surface area (Å²) in [5.74, 6) is 1.38. The summed E-state index contributed by atoms with van der Waals surface area (Å²) in [5.41, 5.74) is 5.10. The van der Waals surface area contributed by atoms with E-state index in [9.17, 15) is 21.6 Å². The number of terminal acetylenes is 1. The summed E-state index contributed by atoms with van der Waals surface area (Å²) in [6.07, 6.45) is 5.12. The van der Waals surface area contributed by atoms with E-state index in [0.29, 0.717) is 10.8 Å². The van der Waals surface area contributed by atoms with Gasteiger partial charge < -0.3 is 5.73 Å². The molecule has 4 N–H and O–H groups in total. The predicted molar refractivity (Wildman–Crippen MR) is 93.0 cm³/mol. The van der Waals surface area contributed by atoms with Crippen LogP contribution in [0.5, 0.6) is 0 Å². The molecule has 0 aliphatic rings. The third-order valence-corrected chi connectivity index (χ3v) is 4.65. The highest BCUT2D eigenvalue weighted by Crippen LogP contribution is 2.28. The Morgan fingerprint density at radius 3 is 2.17 bits per heavy atom. The van der Waals surface area contributed by atoms with Crippen molar-refractivity contribution in [2.24, 2.45) is 5.73 Å². The number of hydrogen-bond donors (Lipinski definition) is 3. The molecule has 0 aliphatic heterocycles. The molecule has 0 spiro atoms. The first-order chi connectivity index (χ1) is 11.0. The summed E-state index contributed by atoms with van der Waals surface area (Å²) in [4.78, 5) is 11.6. The monoisotopic (exact) mass is 369 g/mol. The first-order valence-electron chi connectivity index (χ1n) is 6.26. The molecule has 0 aromatic heterocycles. The van der Waals surface area contributed by atoms with Gasteiger partial charge in [0.25, 0.3) is 20.0 Å². The van der Waals surface area contributed by atoms with Gasteiger partial charge in [0.1, 0.15) is 0 Å². The van der Waals surface area contributed by atoms with Crippen LogP contribution in [0.2, 0.25) is 0 Å². The molecule has 1 aromatic rings. The number of amides is 1. The molecule has 0 unspecified atom stereocenters. The molecule has 0 heterocycles. The second kappa shape index (κ2) is 7.20. The zero-order valence-corrected chi connectivity index (χ0v) is 14.1. The summed E-state index contributed by atoms with van der Waals surface area (Å²) < 4.78 is 50.8. The van der Waals surface area contributed by atoms with Gasteiger partial charge in [0.15, 0.2) is 0 Å². The number of carbonyl (C=O) groups is 1. The topological polar surface area (TPSA) is 135 Å². The van der Waals surface area contributed by atoms with E-state index < -0.39 is 26.0 Å². The SMILES string of the molecule is C#CCc1c(NS(=O)(=O)C=C)cc(NS(=O)(=O)C=C)cc1C(N)=O. The van der Waals surface area contributed by atoms with Crippen LogP contribution in [0.25, 0.3) is 0 Å². The minimum atomic E-state index is -3.93. The molecule has 0 bridgehead atoms. The number of sulfonamides is 2. The van der Waals surface area contributed by atoms with Crippen LogP contribution in [0, 0.1) is 12.3 Å². The second-order valence-corrected chi connectivity index (χ2v) is 7.68.